The molecule has 1 aromatic heterocycles. The number of carbonyl (C=O) groups excluding carboxylic acids is 2. The number of carbonyl (C=O) groups is 3. The Morgan fingerprint density at radius 1 is 1.18 bits per heavy atom. The first kappa shape index (κ1) is 26.8. The van der Waals surface area contributed by atoms with E-state index in [1.54, 1.807) is 17.7 Å². The van der Waals surface area contributed by atoms with Crippen molar-refractivity contribution in [3.63, 3.8) is 0 Å². The number of esters is 1. The van der Waals surface area contributed by atoms with Gasteiger partial charge in [0.05, 0.1) is 13.5 Å². The first-order valence-corrected chi connectivity index (χ1v) is 11.2. The topological polar surface area (TPSA) is 118 Å². The minimum Gasteiger partial charge on any atom is -0.483 e. The molecule has 0 radical (unpaired) electrons. The third kappa shape index (κ3) is 7.28. The number of nitrogens with zero attached hydrogens (tertiary/aromatic N) is 2. The first-order chi connectivity index (χ1) is 16.3. The molecular weight excluding hydrogens is 438 g/mol. The Labute approximate surface area is 199 Å². The predicted octanol–water partition coefficient (Wildman–Crippen LogP) is 1.86. The molecule has 34 heavy (non-hydrogen) atoms. The fourth-order valence-electron chi connectivity index (χ4n) is 4.17. The number of likely N-dealkylation sites (N-methyl/N-ethyl adjacent to an activating group) is 1. The molecule has 1 aliphatic heterocycles. The molecule has 0 bridgehead atoms. The molecule has 0 aliphatic carbocycles. The van der Waals surface area contributed by atoms with Gasteiger partial charge in [0.25, 0.3) is 17.9 Å². The molecule has 3 rings (SSSR count). The van der Waals surface area contributed by atoms with Gasteiger partial charge in [0.2, 0.25) is 0 Å². The van der Waals surface area contributed by atoms with E-state index >= 15 is 0 Å². The average molecular weight is 472 g/mol. The van der Waals surface area contributed by atoms with E-state index in [9.17, 15) is 14.4 Å². The maximum Gasteiger partial charge on any atom is 0.307 e. The summed E-state index contributed by atoms with van der Waals surface area (Å²) in [6.07, 6.45) is 4.58. The smallest absolute Gasteiger partial charge is 0.307 e. The molecule has 0 unspecified atom stereocenters. The lowest BCUT2D eigenvalue weighted by Crippen LogP contribution is -2.43. The van der Waals surface area contributed by atoms with E-state index in [2.05, 4.69) is 10.2 Å². The van der Waals surface area contributed by atoms with Crippen LogP contribution in [0.4, 0.5) is 0 Å². The highest BCUT2D eigenvalue weighted by Gasteiger charge is 2.32. The number of pyridine rings is 1. The molecule has 1 fully saturated rings. The standard InChI is InChI=1S/C24H31N3O4.CH2O2/c1-17-11-13-27(14-12-18-7-5-4-6-8-18)24(30)22(17)23(29)25-16-20-10-9-19(26(20)2)15-21(28)31-3;2-1-3/h4-8,11,13,19-20H,9-10,12,14-16H2,1-3H3,(H,25,29);1H,(H,2,3)/t19-,20+;/m1./s1. The van der Waals surface area contributed by atoms with Crippen molar-refractivity contribution in [3.05, 3.63) is 69.6 Å². The maximum absolute atomic E-state index is 13.0. The molecule has 1 aromatic carbocycles. The summed E-state index contributed by atoms with van der Waals surface area (Å²) in [5.41, 5.74) is 1.74. The first-order valence-electron chi connectivity index (χ1n) is 11.2. The second-order valence-electron chi connectivity index (χ2n) is 8.25. The van der Waals surface area contributed by atoms with Crippen molar-refractivity contribution in [2.45, 2.75) is 51.2 Å². The summed E-state index contributed by atoms with van der Waals surface area (Å²) >= 11 is 0. The quantitative estimate of drug-likeness (QED) is 0.446. The molecule has 2 aromatic rings. The number of amides is 1. The summed E-state index contributed by atoms with van der Waals surface area (Å²) in [6, 6.07) is 12.0. The largest absolute Gasteiger partial charge is 0.483 e. The molecule has 1 saturated heterocycles. The van der Waals surface area contributed by atoms with Crippen molar-refractivity contribution in [2.24, 2.45) is 0 Å². The molecule has 9 heteroatoms. The molecular formula is C25H33N3O6. The molecule has 9 nitrogen and oxygen atoms in total. The third-order valence-electron chi connectivity index (χ3n) is 6.20. The number of hydrogen-bond donors (Lipinski definition) is 2. The summed E-state index contributed by atoms with van der Waals surface area (Å²) < 4.78 is 6.37. The van der Waals surface area contributed by atoms with Crippen LogP contribution in [0.3, 0.4) is 0 Å². The maximum atomic E-state index is 13.0. The van der Waals surface area contributed by atoms with E-state index in [1.165, 1.54) is 7.11 Å². The monoisotopic (exact) mass is 471 g/mol. The van der Waals surface area contributed by atoms with Crippen LogP contribution in [-0.4, -0.2) is 65.7 Å². The van der Waals surface area contributed by atoms with Gasteiger partial charge in [0, 0.05) is 31.4 Å². The van der Waals surface area contributed by atoms with Crippen LogP contribution in [0, 0.1) is 6.92 Å². The number of hydrogen-bond acceptors (Lipinski definition) is 6. The Hall–Kier alpha value is -3.46. The highest BCUT2D eigenvalue weighted by Crippen LogP contribution is 2.24. The van der Waals surface area contributed by atoms with Crippen molar-refractivity contribution in [2.75, 3.05) is 20.7 Å². The van der Waals surface area contributed by atoms with Crippen molar-refractivity contribution >= 4 is 18.3 Å². The lowest BCUT2D eigenvalue weighted by Gasteiger charge is -2.25. The number of rotatable bonds is 8. The SMILES string of the molecule is COC(=O)C[C@H]1CC[C@@H](CNC(=O)c2c(C)ccn(CCc3ccccc3)c2=O)N1C.O=CO. The summed E-state index contributed by atoms with van der Waals surface area (Å²) in [6.45, 7) is 2.49. The van der Waals surface area contributed by atoms with Gasteiger partial charge >= 0.3 is 5.97 Å². The van der Waals surface area contributed by atoms with Crippen LogP contribution in [-0.2, 0) is 27.3 Å². The van der Waals surface area contributed by atoms with Crippen LogP contribution < -0.4 is 10.9 Å². The van der Waals surface area contributed by atoms with Crippen LogP contribution in [0.2, 0.25) is 0 Å². The average Bonchev–Trinajstić information content (AvgIpc) is 3.17. The summed E-state index contributed by atoms with van der Waals surface area (Å²) in [5.74, 6) is -0.570. The Morgan fingerprint density at radius 3 is 2.47 bits per heavy atom. The minimum atomic E-state index is -0.346. The summed E-state index contributed by atoms with van der Waals surface area (Å²) in [4.78, 5) is 47.9. The molecule has 2 heterocycles. The van der Waals surface area contributed by atoms with Gasteiger partial charge in [0.15, 0.2) is 0 Å². The van der Waals surface area contributed by atoms with Crippen LogP contribution in [0.5, 0.6) is 0 Å². The normalized spacial score (nSPS) is 17.4. The van der Waals surface area contributed by atoms with E-state index in [-0.39, 0.29) is 41.6 Å². The van der Waals surface area contributed by atoms with E-state index in [4.69, 9.17) is 14.6 Å². The number of aromatic nitrogens is 1. The number of carboxylic acid groups (broad SMARTS) is 1. The Kier molecular flexibility index (Phi) is 10.5. The summed E-state index contributed by atoms with van der Waals surface area (Å²) in [7, 11) is 3.35. The molecule has 1 aliphatic rings. The molecule has 1 amide bonds. The lowest BCUT2D eigenvalue weighted by atomic mass is 10.1. The molecule has 2 atom stereocenters. The summed E-state index contributed by atoms with van der Waals surface area (Å²) in [5, 5.41) is 9.82. The Bertz CT molecular complexity index is 1020. The number of nitrogens with one attached hydrogen (secondary N) is 1. The van der Waals surface area contributed by atoms with Crippen LogP contribution in [0.1, 0.15) is 40.7 Å². The fraction of sp³-hybridized carbons (Fsp3) is 0.440. The van der Waals surface area contributed by atoms with E-state index in [0.29, 0.717) is 25.1 Å². The van der Waals surface area contributed by atoms with Crippen molar-refractivity contribution in [3.8, 4) is 0 Å². The van der Waals surface area contributed by atoms with Crippen molar-refractivity contribution in [1.82, 2.24) is 14.8 Å². The molecule has 0 spiro atoms. The number of aryl methyl sites for hydroxylation is 3. The fourth-order valence-corrected chi connectivity index (χ4v) is 4.17. The second kappa shape index (κ2) is 13.3. The number of ether oxygens (including phenoxy) is 1. The lowest BCUT2D eigenvalue weighted by molar-refractivity contribution is -0.141. The van der Waals surface area contributed by atoms with Crippen LogP contribution >= 0.6 is 0 Å². The highest BCUT2D eigenvalue weighted by molar-refractivity contribution is 5.95. The van der Waals surface area contributed by atoms with Crippen LogP contribution in [0.25, 0.3) is 0 Å². The van der Waals surface area contributed by atoms with Gasteiger partial charge in [-0.05, 0) is 50.4 Å². The van der Waals surface area contributed by atoms with Gasteiger partial charge in [0.1, 0.15) is 5.56 Å². The van der Waals surface area contributed by atoms with Crippen molar-refractivity contribution in [1.29, 1.82) is 0 Å². The minimum absolute atomic E-state index is 0.114. The van der Waals surface area contributed by atoms with Crippen molar-refractivity contribution < 1.29 is 24.2 Å². The Morgan fingerprint density at radius 2 is 1.82 bits per heavy atom. The Balaban J connectivity index is 0.00000129. The number of methoxy groups -OCH3 is 1. The highest BCUT2D eigenvalue weighted by atomic mass is 16.5. The molecule has 0 saturated carbocycles. The predicted molar refractivity (Wildman–Crippen MR) is 128 cm³/mol. The molecule has 2 N–H and O–H groups in total. The van der Waals surface area contributed by atoms with Gasteiger partial charge in [-0.2, -0.15) is 0 Å². The molecule has 184 valence electrons. The number of likely N-dealkylation sites (tertiary alicyclic amines) is 1. The zero-order valence-electron chi connectivity index (χ0n) is 19.9. The van der Waals surface area contributed by atoms with Gasteiger partial charge in [-0.3, -0.25) is 24.1 Å². The van der Waals surface area contributed by atoms with E-state index in [0.717, 1.165) is 24.8 Å². The van der Waals surface area contributed by atoms with Crippen LogP contribution in [0.15, 0.2) is 47.4 Å². The van der Waals surface area contributed by atoms with Gasteiger partial charge in [-0.25, -0.2) is 0 Å². The second-order valence-corrected chi connectivity index (χ2v) is 8.25. The number of benzene rings is 1. The van der Waals surface area contributed by atoms with Gasteiger partial charge in [-0.1, -0.05) is 30.3 Å². The third-order valence-corrected chi connectivity index (χ3v) is 6.20. The van der Waals surface area contributed by atoms with Gasteiger partial charge < -0.3 is 19.7 Å². The zero-order valence-corrected chi connectivity index (χ0v) is 19.9. The van der Waals surface area contributed by atoms with E-state index < -0.39 is 0 Å². The van der Waals surface area contributed by atoms with E-state index in [1.807, 2.05) is 43.4 Å². The zero-order chi connectivity index (χ0) is 25.1. The van der Waals surface area contributed by atoms with Gasteiger partial charge in [-0.15, -0.1) is 0 Å².